The molecule has 1 heterocycles. The molecule has 2 N–H and O–H groups in total. The van der Waals surface area contributed by atoms with E-state index in [2.05, 4.69) is 5.32 Å². The first kappa shape index (κ1) is 19.8. The number of benzene rings is 1. The van der Waals surface area contributed by atoms with E-state index >= 15 is 0 Å². The van der Waals surface area contributed by atoms with Gasteiger partial charge in [-0.3, -0.25) is 14.4 Å². The molecule has 0 atom stereocenters. The van der Waals surface area contributed by atoms with Crippen molar-refractivity contribution in [2.24, 2.45) is 5.92 Å². The number of alkyl halides is 2. The molecule has 156 valence electrons. The van der Waals surface area contributed by atoms with E-state index in [1.54, 1.807) is 34.1 Å². The molecule has 0 bridgehead atoms. The molecule has 1 aromatic carbocycles. The van der Waals surface area contributed by atoms with Crippen molar-refractivity contribution in [1.29, 1.82) is 0 Å². The number of hydrogen-bond donors (Lipinski definition) is 2. The van der Waals surface area contributed by atoms with Crippen LogP contribution in [0.1, 0.15) is 36.0 Å². The van der Waals surface area contributed by atoms with Crippen LogP contribution in [-0.4, -0.2) is 70.3 Å². The van der Waals surface area contributed by atoms with Gasteiger partial charge in [-0.2, -0.15) is 0 Å². The molecule has 1 saturated heterocycles. The largest absolute Gasteiger partial charge is 0.380 e. The topological polar surface area (TPSA) is 90.0 Å². The van der Waals surface area contributed by atoms with Gasteiger partial charge in [0.15, 0.2) is 0 Å². The van der Waals surface area contributed by atoms with Crippen LogP contribution >= 0.6 is 0 Å². The van der Waals surface area contributed by atoms with Gasteiger partial charge in [-0.25, -0.2) is 8.78 Å². The van der Waals surface area contributed by atoms with E-state index in [0.29, 0.717) is 44.7 Å². The maximum absolute atomic E-state index is 13.0. The summed E-state index contributed by atoms with van der Waals surface area (Å²) in [5.74, 6) is -4.63. The van der Waals surface area contributed by atoms with Gasteiger partial charge in [-0.15, -0.1) is 0 Å². The summed E-state index contributed by atoms with van der Waals surface area (Å²) in [5.41, 5.74) is -0.641. The van der Waals surface area contributed by atoms with Gasteiger partial charge in [0.05, 0.1) is 11.3 Å². The molecule has 3 aliphatic rings. The zero-order valence-electron chi connectivity index (χ0n) is 15.9. The number of amides is 3. The number of aliphatic hydroxyl groups is 1. The SMILES string of the molecule is O=C(Nc1ccccc1C(=O)N1CCN(C(=O)C2(O)CC2)CC1)C1CC(F)(F)C1. The molecule has 3 amide bonds. The van der Waals surface area contributed by atoms with Gasteiger partial charge in [-0.1, -0.05) is 12.1 Å². The lowest BCUT2D eigenvalue weighted by Gasteiger charge is -2.36. The number of para-hydroxylation sites is 1. The predicted molar refractivity (Wildman–Crippen MR) is 99.4 cm³/mol. The van der Waals surface area contributed by atoms with Crippen LogP contribution in [0.3, 0.4) is 0 Å². The second kappa shape index (κ2) is 7.05. The minimum atomic E-state index is -2.79. The average molecular weight is 407 g/mol. The number of carbonyl (C=O) groups excluding carboxylic acids is 3. The minimum absolute atomic E-state index is 0.283. The van der Waals surface area contributed by atoms with Crippen LogP contribution in [0, 0.1) is 5.92 Å². The Labute approximate surface area is 166 Å². The number of piperazine rings is 1. The van der Waals surface area contributed by atoms with Crippen molar-refractivity contribution in [2.45, 2.75) is 37.2 Å². The molecule has 1 aliphatic heterocycles. The lowest BCUT2D eigenvalue weighted by atomic mass is 9.80. The van der Waals surface area contributed by atoms with Crippen molar-refractivity contribution in [1.82, 2.24) is 9.80 Å². The number of halogens is 2. The number of hydrogen-bond acceptors (Lipinski definition) is 4. The summed E-state index contributed by atoms with van der Waals surface area (Å²) in [6.07, 6.45) is 0.00449. The van der Waals surface area contributed by atoms with Crippen LogP contribution in [0.25, 0.3) is 0 Å². The standard InChI is InChI=1S/C20H23F2N3O4/c21-20(22)11-13(12-20)16(26)23-15-4-2-1-3-14(15)17(27)24-7-9-25(10-8-24)18(28)19(29)5-6-19/h1-4,13,29H,5-12H2,(H,23,26). The molecule has 9 heteroatoms. The number of carbonyl (C=O) groups is 3. The second-order valence-corrected chi connectivity index (χ2v) is 8.11. The van der Waals surface area contributed by atoms with Crippen molar-refractivity contribution in [3.05, 3.63) is 29.8 Å². The predicted octanol–water partition coefficient (Wildman–Crippen LogP) is 1.48. The molecule has 29 heavy (non-hydrogen) atoms. The smallest absolute Gasteiger partial charge is 0.256 e. The summed E-state index contributed by atoms with van der Waals surface area (Å²) < 4.78 is 26.0. The first-order chi connectivity index (χ1) is 13.7. The van der Waals surface area contributed by atoms with Gasteiger partial charge in [-0.05, 0) is 25.0 Å². The highest BCUT2D eigenvalue weighted by Crippen LogP contribution is 2.43. The summed E-state index contributed by atoms with van der Waals surface area (Å²) in [6, 6.07) is 6.49. The van der Waals surface area contributed by atoms with E-state index < -0.39 is 36.2 Å². The highest BCUT2D eigenvalue weighted by molar-refractivity contribution is 6.04. The van der Waals surface area contributed by atoms with Crippen LogP contribution in [0.2, 0.25) is 0 Å². The lowest BCUT2D eigenvalue weighted by Crippen LogP contribution is -2.53. The van der Waals surface area contributed by atoms with Crippen molar-refractivity contribution in [3.63, 3.8) is 0 Å². The molecule has 0 spiro atoms. The van der Waals surface area contributed by atoms with E-state index in [0.717, 1.165) is 0 Å². The molecule has 2 saturated carbocycles. The molecule has 0 radical (unpaired) electrons. The Morgan fingerprint density at radius 1 is 1.00 bits per heavy atom. The van der Waals surface area contributed by atoms with E-state index in [-0.39, 0.29) is 17.4 Å². The van der Waals surface area contributed by atoms with Gasteiger partial charge in [0, 0.05) is 44.9 Å². The Kier molecular flexibility index (Phi) is 4.80. The summed E-state index contributed by atoms with van der Waals surface area (Å²) in [5, 5.41) is 12.6. The normalized spacial score (nSPS) is 22.6. The molecule has 4 rings (SSSR count). The van der Waals surface area contributed by atoms with E-state index in [9.17, 15) is 28.3 Å². The fourth-order valence-corrected chi connectivity index (χ4v) is 3.77. The Hall–Kier alpha value is -2.55. The summed E-state index contributed by atoms with van der Waals surface area (Å²) in [4.78, 5) is 40.5. The van der Waals surface area contributed by atoms with Gasteiger partial charge in [0.1, 0.15) is 5.60 Å². The second-order valence-electron chi connectivity index (χ2n) is 8.11. The number of nitrogens with one attached hydrogen (secondary N) is 1. The molecular formula is C20H23F2N3O4. The van der Waals surface area contributed by atoms with E-state index in [4.69, 9.17) is 0 Å². The van der Waals surface area contributed by atoms with E-state index in [1.165, 1.54) is 0 Å². The quantitative estimate of drug-likeness (QED) is 0.791. The summed E-state index contributed by atoms with van der Waals surface area (Å²) in [7, 11) is 0. The molecule has 0 unspecified atom stereocenters. The fourth-order valence-electron chi connectivity index (χ4n) is 3.77. The molecular weight excluding hydrogens is 384 g/mol. The first-order valence-corrected chi connectivity index (χ1v) is 9.77. The fraction of sp³-hybridized carbons (Fsp3) is 0.550. The molecule has 3 fully saturated rings. The maximum Gasteiger partial charge on any atom is 0.256 e. The maximum atomic E-state index is 13.0. The molecule has 7 nitrogen and oxygen atoms in total. The van der Waals surface area contributed by atoms with Crippen LogP contribution in [0.15, 0.2) is 24.3 Å². The minimum Gasteiger partial charge on any atom is -0.380 e. The van der Waals surface area contributed by atoms with Gasteiger partial charge < -0.3 is 20.2 Å². The lowest BCUT2D eigenvalue weighted by molar-refractivity contribution is -0.145. The number of nitrogens with zero attached hydrogens (tertiary/aromatic N) is 2. The van der Waals surface area contributed by atoms with Crippen LogP contribution in [0.5, 0.6) is 0 Å². The van der Waals surface area contributed by atoms with Crippen molar-refractivity contribution < 1.29 is 28.3 Å². The third-order valence-electron chi connectivity index (χ3n) is 5.85. The number of anilines is 1. The zero-order chi connectivity index (χ0) is 20.8. The van der Waals surface area contributed by atoms with E-state index in [1.807, 2.05) is 0 Å². The van der Waals surface area contributed by atoms with Crippen LogP contribution < -0.4 is 5.32 Å². The third kappa shape index (κ3) is 3.96. The molecule has 2 aliphatic carbocycles. The van der Waals surface area contributed by atoms with Gasteiger partial charge in [0.25, 0.3) is 11.8 Å². The Balaban J connectivity index is 1.38. The van der Waals surface area contributed by atoms with Crippen molar-refractivity contribution in [2.75, 3.05) is 31.5 Å². The first-order valence-electron chi connectivity index (χ1n) is 9.77. The van der Waals surface area contributed by atoms with Crippen molar-refractivity contribution in [3.8, 4) is 0 Å². The highest BCUT2D eigenvalue weighted by atomic mass is 19.3. The molecule has 1 aromatic rings. The third-order valence-corrected chi connectivity index (χ3v) is 5.85. The average Bonchev–Trinajstić information content (AvgIpc) is 3.44. The summed E-state index contributed by atoms with van der Waals surface area (Å²) in [6.45, 7) is 1.30. The number of rotatable bonds is 4. The zero-order valence-corrected chi connectivity index (χ0v) is 15.9. The Bertz CT molecular complexity index is 840. The monoisotopic (exact) mass is 407 g/mol. The van der Waals surface area contributed by atoms with Gasteiger partial charge >= 0.3 is 0 Å². The molecule has 0 aromatic heterocycles. The highest BCUT2D eigenvalue weighted by Gasteiger charge is 2.51. The summed E-state index contributed by atoms with van der Waals surface area (Å²) >= 11 is 0. The Morgan fingerprint density at radius 2 is 1.59 bits per heavy atom. The van der Waals surface area contributed by atoms with Gasteiger partial charge in [0.2, 0.25) is 11.8 Å². The van der Waals surface area contributed by atoms with Crippen LogP contribution in [0.4, 0.5) is 14.5 Å². The Morgan fingerprint density at radius 3 is 2.17 bits per heavy atom. The van der Waals surface area contributed by atoms with Crippen molar-refractivity contribution >= 4 is 23.4 Å². The van der Waals surface area contributed by atoms with Crippen LogP contribution in [-0.2, 0) is 9.59 Å².